The Morgan fingerprint density at radius 1 is 1.15 bits per heavy atom. The third-order valence-corrected chi connectivity index (χ3v) is 9.37. The Hall–Kier alpha value is -1.90. The van der Waals surface area contributed by atoms with E-state index in [0.717, 1.165) is 30.9 Å². The molecule has 5 aliphatic rings. The van der Waals surface area contributed by atoms with Gasteiger partial charge in [0.05, 0.1) is 16.8 Å². The number of ketones is 2. The zero-order chi connectivity index (χ0) is 23.5. The number of rotatable bonds is 3. The monoisotopic (exact) mass is 465 g/mol. The summed E-state index contributed by atoms with van der Waals surface area (Å²) in [5.74, 6) is -2.87. The van der Waals surface area contributed by atoms with E-state index in [9.17, 15) is 14.0 Å². The molecule has 4 saturated carbocycles. The Labute approximate surface area is 192 Å². The minimum atomic E-state index is -1.97. The van der Waals surface area contributed by atoms with Crippen LogP contribution in [0.1, 0.15) is 52.4 Å². The zero-order valence-corrected chi connectivity index (χ0v) is 19.5. The van der Waals surface area contributed by atoms with Gasteiger partial charge in [-0.2, -0.15) is 0 Å². The van der Waals surface area contributed by atoms with Gasteiger partial charge >= 0.3 is 0 Å². The zero-order valence-electron chi connectivity index (χ0n) is 19.5. The maximum absolute atomic E-state index is 15.6. The highest BCUT2D eigenvalue weighted by Crippen LogP contribution is 2.64. The van der Waals surface area contributed by atoms with Crippen molar-refractivity contribution in [2.45, 2.75) is 70.8 Å². The van der Waals surface area contributed by atoms with Gasteiger partial charge in [0, 0.05) is 24.8 Å². The Morgan fingerprint density at radius 2 is 1.94 bits per heavy atom. The molecule has 0 amide bonds. The van der Waals surface area contributed by atoms with E-state index in [1.165, 1.54) is 14.0 Å². The lowest BCUT2D eigenvalue weighted by Crippen LogP contribution is -2.64. The molecular weight excluding hydrogens is 432 g/mol. The number of alkyl halides is 2. The second-order valence-electron chi connectivity index (χ2n) is 11.0. The van der Waals surface area contributed by atoms with Crippen LogP contribution in [0, 0.1) is 34.5 Å². The van der Waals surface area contributed by atoms with Crippen molar-refractivity contribution < 1.29 is 28.0 Å². The summed E-state index contributed by atoms with van der Waals surface area (Å²) in [6.07, 6.45) is -0.493. The molecule has 5 fully saturated rings. The summed E-state index contributed by atoms with van der Waals surface area (Å²) < 4.78 is 30.2. The number of nitrogens with one attached hydrogen (secondary N) is 1. The van der Waals surface area contributed by atoms with Gasteiger partial charge in [-0.3, -0.25) is 9.59 Å². The van der Waals surface area contributed by atoms with Crippen LogP contribution < -0.4 is 5.32 Å². The number of Topliss-reactive ketones (excluding diaryl/α,β-unsaturated/α-hetero) is 2. The molecule has 33 heavy (non-hydrogen) atoms. The first-order chi connectivity index (χ1) is 15.7. The molecule has 1 saturated heterocycles. The average molecular weight is 466 g/mol. The molecule has 0 aromatic carbocycles. The number of halogens is 2. The van der Waals surface area contributed by atoms with Gasteiger partial charge < -0.3 is 15.0 Å². The standard InChI is InChI=1S/C24H33F2N3O4/c1-23-6-4-12(28-33-13-5-7-27-11-13)8-16(23)18(29-32-3)9-14-15-10-17(25)22(31)24(15,2)21(26)20(30)19(14)23/h13-17,19,21,27H,4-11H2,1-3H3/t13?,14?,15?,16?,17?,19?,21?,23-,24+/m0/s1. The molecule has 9 heteroatoms. The molecule has 0 radical (unpaired) electrons. The first-order valence-corrected chi connectivity index (χ1v) is 12.1. The third-order valence-electron chi connectivity index (χ3n) is 9.37. The fourth-order valence-corrected chi connectivity index (χ4v) is 7.58. The fraction of sp³-hybridized carbons (Fsp3) is 0.833. The molecule has 7 nitrogen and oxygen atoms in total. The number of carbonyl (C=O) groups excluding carboxylic acids is 2. The van der Waals surface area contributed by atoms with Crippen LogP contribution in [-0.4, -0.2) is 61.6 Å². The summed E-state index contributed by atoms with van der Waals surface area (Å²) in [4.78, 5) is 37.0. The van der Waals surface area contributed by atoms with Crippen molar-refractivity contribution in [1.29, 1.82) is 0 Å². The van der Waals surface area contributed by atoms with Crippen LogP contribution in [0.4, 0.5) is 8.78 Å². The minimum Gasteiger partial charge on any atom is -0.399 e. The van der Waals surface area contributed by atoms with Gasteiger partial charge in [-0.25, -0.2) is 8.78 Å². The molecule has 4 aliphatic carbocycles. The summed E-state index contributed by atoms with van der Waals surface area (Å²) in [6, 6.07) is 0. The van der Waals surface area contributed by atoms with Gasteiger partial charge in [0.2, 0.25) is 0 Å². The summed E-state index contributed by atoms with van der Waals surface area (Å²) in [7, 11) is 1.48. The first kappa shape index (κ1) is 22.9. The van der Waals surface area contributed by atoms with Crippen LogP contribution in [0.2, 0.25) is 0 Å². The summed E-state index contributed by atoms with van der Waals surface area (Å²) in [5.41, 5.74) is -0.451. The normalized spacial score (nSPS) is 49.7. The molecule has 0 bridgehead atoms. The van der Waals surface area contributed by atoms with Crippen molar-refractivity contribution >= 4 is 23.0 Å². The van der Waals surface area contributed by atoms with Crippen molar-refractivity contribution in [1.82, 2.24) is 5.32 Å². The van der Waals surface area contributed by atoms with Crippen LogP contribution in [0.15, 0.2) is 10.3 Å². The molecule has 182 valence electrons. The summed E-state index contributed by atoms with van der Waals surface area (Å²) in [6.45, 7) is 5.16. The fourth-order valence-electron chi connectivity index (χ4n) is 7.58. The Balaban J connectivity index is 1.48. The lowest BCUT2D eigenvalue weighted by molar-refractivity contribution is -0.163. The second kappa shape index (κ2) is 8.10. The van der Waals surface area contributed by atoms with Crippen LogP contribution in [0.5, 0.6) is 0 Å². The van der Waals surface area contributed by atoms with Crippen molar-refractivity contribution in [3.8, 4) is 0 Å². The van der Waals surface area contributed by atoms with Gasteiger partial charge in [-0.05, 0) is 62.8 Å². The van der Waals surface area contributed by atoms with E-state index in [-0.39, 0.29) is 24.4 Å². The van der Waals surface area contributed by atoms with Gasteiger partial charge in [0.25, 0.3) is 0 Å². The van der Waals surface area contributed by atoms with E-state index in [1.807, 2.05) is 6.92 Å². The molecule has 1 aliphatic heterocycles. The number of hydrogen-bond acceptors (Lipinski definition) is 7. The van der Waals surface area contributed by atoms with E-state index in [2.05, 4.69) is 15.6 Å². The van der Waals surface area contributed by atoms with Crippen LogP contribution >= 0.6 is 0 Å². The smallest absolute Gasteiger partial charge is 0.176 e. The molecule has 0 aromatic heterocycles. The molecule has 1 heterocycles. The first-order valence-electron chi connectivity index (χ1n) is 12.1. The number of nitrogens with zero attached hydrogens (tertiary/aromatic N) is 2. The van der Waals surface area contributed by atoms with Crippen molar-refractivity contribution in [3.05, 3.63) is 0 Å². The number of carbonyl (C=O) groups is 2. The Kier molecular flexibility index (Phi) is 5.61. The maximum Gasteiger partial charge on any atom is 0.176 e. The molecular formula is C24H33F2N3O4. The van der Waals surface area contributed by atoms with Crippen molar-refractivity contribution in [3.63, 3.8) is 0 Å². The van der Waals surface area contributed by atoms with Crippen molar-refractivity contribution in [2.24, 2.45) is 44.8 Å². The highest BCUT2D eigenvalue weighted by molar-refractivity contribution is 6.03. The van der Waals surface area contributed by atoms with E-state index in [4.69, 9.17) is 9.68 Å². The molecule has 0 spiro atoms. The summed E-state index contributed by atoms with van der Waals surface area (Å²) >= 11 is 0. The van der Waals surface area contributed by atoms with Crippen molar-refractivity contribution in [2.75, 3.05) is 20.2 Å². The molecule has 5 rings (SSSR count). The topological polar surface area (TPSA) is 89.4 Å². The Morgan fingerprint density at radius 3 is 2.64 bits per heavy atom. The van der Waals surface area contributed by atoms with E-state index >= 15 is 4.39 Å². The number of oxime groups is 2. The summed E-state index contributed by atoms with van der Waals surface area (Å²) in [5, 5.41) is 12.0. The van der Waals surface area contributed by atoms with Crippen LogP contribution in [-0.2, 0) is 19.3 Å². The van der Waals surface area contributed by atoms with Crippen LogP contribution in [0.25, 0.3) is 0 Å². The lowest BCUT2D eigenvalue weighted by Gasteiger charge is -2.58. The molecule has 1 N–H and O–H groups in total. The van der Waals surface area contributed by atoms with Crippen LogP contribution in [0.3, 0.4) is 0 Å². The quantitative estimate of drug-likeness (QED) is 0.648. The minimum absolute atomic E-state index is 0.0266. The second-order valence-corrected chi connectivity index (χ2v) is 11.0. The van der Waals surface area contributed by atoms with Gasteiger partial charge in [-0.15, -0.1) is 0 Å². The number of fused-ring (bicyclic) bond motifs is 5. The van der Waals surface area contributed by atoms with Gasteiger partial charge in [-0.1, -0.05) is 17.2 Å². The predicted molar refractivity (Wildman–Crippen MR) is 117 cm³/mol. The third kappa shape index (κ3) is 3.28. The SMILES string of the molecule is CON=C1CC2C(C(=O)C(F)[C@]3(C)C(=O)C(F)CC23)[C@@]2(C)CCC(=NOC3CCNC3)CC12. The highest BCUT2D eigenvalue weighted by Gasteiger charge is 2.70. The molecule has 0 aromatic rings. The lowest BCUT2D eigenvalue weighted by atomic mass is 9.44. The van der Waals surface area contributed by atoms with E-state index in [1.54, 1.807) is 0 Å². The largest absolute Gasteiger partial charge is 0.399 e. The van der Waals surface area contributed by atoms with Gasteiger partial charge in [0.1, 0.15) is 13.2 Å². The average Bonchev–Trinajstić information content (AvgIpc) is 3.39. The highest BCUT2D eigenvalue weighted by atomic mass is 19.1. The van der Waals surface area contributed by atoms with Gasteiger partial charge in [0.15, 0.2) is 23.9 Å². The Bertz CT molecular complexity index is 904. The molecule has 7 unspecified atom stereocenters. The maximum atomic E-state index is 15.6. The molecule has 9 atom stereocenters. The van der Waals surface area contributed by atoms with E-state index in [0.29, 0.717) is 25.7 Å². The number of hydrogen-bond donors (Lipinski definition) is 1. The van der Waals surface area contributed by atoms with E-state index < -0.39 is 46.6 Å². The predicted octanol–water partition coefficient (Wildman–Crippen LogP) is 3.02.